The molecule has 0 unspecified atom stereocenters. The molecule has 0 saturated carbocycles. The van der Waals surface area contributed by atoms with E-state index < -0.39 is 11.6 Å². The topological polar surface area (TPSA) is 37.4 Å². The Kier molecular flexibility index (Phi) is 22.1. The van der Waals surface area contributed by atoms with E-state index in [0.717, 1.165) is 0 Å². The first-order valence-corrected chi connectivity index (χ1v) is 13.9. The molecule has 4 heteroatoms. The average Bonchev–Trinajstić information content (AvgIpc) is 2.89. The van der Waals surface area contributed by atoms with Gasteiger partial charge in [-0.2, -0.15) is 0 Å². The maximum Gasteiger partial charge on any atom is 0.233 e. The van der Waals surface area contributed by atoms with E-state index in [9.17, 15) is 9.59 Å². The van der Waals surface area contributed by atoms with Gasteiger partial charge in [-0.25, -0.2) is 0 Å². The highest BCUT2D eigenvalue weighted by Gasteiger charge is 2.17. The molecule has 0 amide bonds. The van der Waals surface area contributed by atoms with Crippen LogP contribution in [0.15, 0.2) is 60.7 Å². The van der Waals surface area contributed by atoms with Gasteiger partial charge in [-0.05, 0) is 27.1 Å². The summed E-state index contributed by atoms with van der Waals surface area (Å²) in [4.78, 5) is 25.9. The molecule has 0 aliphatic rings. The zero-order valence-corrected chi connectivity index (χ0v) is 23.9. The summed E-state index contributed by atoms with van der Waals surface area (Å²) >= 11 is 0. The number of unbranched alkanes of at least 4 members (excludes halogenated alkanes) is 13. The highest BCUT2D eigenvalue weighted by molar-refractivity contribution is 6.49. The van der Waals surface area contributed by atoms with Crippen molar-refractivity contribution in [2.75, 3.05) is 20.6 Å². The second-order valence-electron chi connectivity index (χ2n) is 9.79. The van der Waals surface area contributed by atoms with Gasteiger partial charge in [0, 0.05) is 11.1 Å². The Morgan fingerprint density at radius 1 is 0.528 bits per heavy atom. The number of halogens is 1. The third-order valence-electron chi connectivity index (χ3n) is 6.24. The van der Waals surface area contributed by atoms with Crippen molar-refractivity contribution < 1.29 is 9.59 Å². The van der Waals surface area contributed by atoms with Gasteiger partial charge in [0.2, 0.25) is 11.6 Å². The lowest BCUT2D eigenvalue weighted by Crippen LogP contribution is -2.14. The van der Waals surface area contributed by atoms with Gasteiger partial charge >= 0.3 is 0 Å². The summed E-state index contributed by atoms with van der Waals surface area (Å²) in [5.74, 6) is -0.932. The van der Waals surface area contributed by atoms with Crippen molar-refractivity contribution in [2.24, 2.45) is 0 Å². The summed E-state index contributed by atoms with van der Waals surface area (Å²) in [5, 5.41) is 0. The van der Waals surface area contributed by atoms with Crippen LogP contribution in [0, 0.1) is 0 Å². The van der Waals surface area contributed by atoms with Crippen molar-refractivity contribution in [3.63, 3.8) is 0 Å². The van der Waals surface area contributed by atoms with Gasteiger partial charge in [0.25, 0.3) is 0 Å². The minimum atomic E-state index is -0.466. The molecule has 2 aromatic rings. The van der Waals surface area contributed by atoms with Gasteiger partial charge in [0.05, 0.1) is 0 Å². The Balaban J connectivity index is 0.000000668. The number of hydrogen-bond acceptors (Lipinski definition) is 3. The summed E-state index contributed by atoms with van der Waals surface area (Å²) in [7, 11) is 4.34. The molecule has 0 aliphatic heterocycles. The molecule has 0 radical (unpaired) electrons. The van der Waals surface area contributed by atoms with Crippen LogP contribution in [0.2, 0.25) is 0 Å². The van der Waals surface area contributed by atoms with E-state index in [1.807, 2.05) is 12.1 Å². The van der Waals surface area contributed by atoms with Crippen molar-refractivity contribution in [1.82, 2.24) is 4.90 Å². The van der Waals surface area contributed by atoms with Crippen LogP contribution < -0.4 is 0 Å². The van der Waals surface area contributed by atoms with Crippen molar-refractivity contribution in [1.29, 1.82) is 0 Å². The van der Waals surface area contributed by atoms with Crippen LogP contribution in [0.5, 0.6) is 0 Å². The first kappa shape index (κ1) is 34.0. The molecule has 2 aromatic carbocycles. The molecular formula is C32H50ClNO2. The largest absolute Gasteiger partial charge is 0.309 e. The number of carbonyl (C=O) groups excluding carboxylic acids is 2. The van der Waals surface area contributed by atoms with Crippen molar-refractivity contribution >= 4 is 24.0 Å². The molecule has 2 rings (SSSR count). The summed E-state index contributed by atoms with van der Waals surface area (Å²) in [6, 6.07) is 17.2. The predicted octanol–water partition coefficient (Wildman–Crippen LogP) is 9.20. The van der Waals surface area contributed by atoms with Crippen LogP contribution in [-0.2, 0) is 0 Å². The number of benzene rings is 2. The quantitative estimate of drug-likeness (QED) is 0.113. The van der Waals surface area contributed by atoms with Gasteiger partial charge in [-0.15, -0.1) is 12.4 Å². The van der Waals surface area contributed by atoms with E-state index in [4.69, 9.17) is 0 Å². The second-order valence-corrected chi connectivity index (χ2v) is 9.79. The average molecular weight is 516 g/mol. The summed E-state index contributed by atoms with van der Waals surface area (Å²) in [5.41, 5.74) is 0.854. The van der Waals surface area contributed by atoms with Crippen LogP contribution in [0.1, 0.15) is 118 Å². The van der Waals surface area contributed by atoms with Gasteiger partial charge < -0.3 is 4.90 Å². The number of nitrogens with zero attached hydrogens (tertiary/aromatic N) is 1. The van der Waals surface area contributed by atoms with Crippen LogP contribution in [0.25, 0.3) is 0 Å². The monoisotopic (exact) mass is 515 g/mol. The minimum Gasteiger partial charge on any atom is -0.309 e. The number of carbonyl (C=O) groups is 2. The lowest BCUT2D eigenvalue weighted by molar-refractivity contribution is 0.0817. The van der Waals surface area contributed by atoms with Crippen LogP contribution in [-0.4, -0.2) is 37.1 Å². The molecule has 0 spiro atoms. The Hall–Kier alpha value is -1.97. The number of hydrogen-bond donors (Lipinski definition) is 0. The van der Waals surface area contributed by atoms with Crippen LogP contribution in [0.4, 0.5) is 0 Å². The molecule has 0 bridgehead atoms. The molecule has 0 heterocycles. The number of ketones is 2. The molecule has 202 valence electrons. The minimum absolute atomic E-state index is 0. The summed E-state index contributed by atoms with van der Waals surface area (Å²) < 4.78 is 0. The van der Waals surface area contributed by atoms with E-state index in [1.165, 1.54) is 96.4 Å². The molecular weight excluding hydrogens is 466 g/mol. The Bertz CT molecular complexity index is 728. The zero-order chi connectivity index (χ0) is 25.6. The van der Waals surface area contributed by atoms with Crippen LogP contribution in [0.3, 0.4) is 0 Å². The fraction of sp³-hybridized carbons (Fsp3) is 0.562. The Morgan fingerprint density at radius 3 is 1.14 bits per heavy atom. The summed E-state index contributed by atoms with van der Waals surface area (Å²) in [6.45, 7) is 3.55. The van der Waals surface area contributed by atoms with Crippen molar-refractivity contribution in [3.8, 4) is 0 Å². The Labute approximate surface area is 227 Å². The summed E-state index contributed by atoms with van der Waals surface area (Å²) in [6.07, 6.45) is 20.3. The SMILES string of the molecule is CCCCCCCCCCCCCCCCN(C)C.Cl.O=C(C(=O)c1ccccc1)c1ccccc1. The lowest BCUT2D eigenvalue weighted by Gasteiger charge is -2.08. The fourth-order valence-corrected chi connectivity index (χ4v) is 4.06. The molecule has 36 heavy (non-hydrogen) atoms. The molecule has 0 aliphatic carbocycles. The molecule has 0 saturated heterocycles. The van der Waals surface area contributed by atoms with Gasteiger partial charge in [-0.3, -0.25) is 9.59 Å². The van der Waals surface area contributed by atoms with Crippen LogP contribution >= 0.6 is 12.4 Å². The van der Waals surface area contributed by atoms with Gasteiger partial charge in [0.15, 0.2) is 0 Å². The highest BCUT2D eigenvalue weighted by atomic mass is 35.5. The Morgan fingerprint density at radius 2 is 0.833 bits per heavy atom. The maximum atomic E-state index is 11.8. The third kappa shape index (κ3) is 17.5. The molecule has 3 nitrogen and oxygen atoms in total. The standard InChI is InChI=1S/C18H39N.C14H10O2.ClH/c1-4-5-6-7-8-9-10-11-12-13-14-15-16-17-18-19(2)3;15-13(11-7-3-1-4-8-11)14(16)12-9-5-2-6-10-12;/h4-18H2,1-3H3;1-10H;1H. The highest BCUT2D eigenvalue weighted by Crippen LogP contribution is 2.13. The van der Waals surface area contributed by atoms with E-state index in [2.05, 4.69) is 25.9 Å². The molecule has 0 aromatic heterocycles. The van der Waals surface area contributed by atoms with E-state index in [-0.39, 0.29) is 12.4 Å². The normalized spacial score (nSPS) is 10.3. The molecule has 0 N–H and O–H groups in total. The maximum absolute atomic E-state index is 11.8. The van der Waals surface area contributed by atoms with Gasteiger partial charge in [0.1, 0.15) is 0 Å². The second kappa shape index (κ2) is 23.4. The zero-order valence-electron chi connectivity index (χ0n) is 23.1. The third-order valence-corrected chi connectivity index (χ3v) is 6.24. The van der Waals surface area contributed by atoms with E-state index in [0.29, 0.717) is 11.1 Å². The smallest absolute Gasteiger partial charge is 0.233 e. The predicted molar refractivity (Wildman–Crippen MR) is 158 cm³/mol. The first-order chi connectivity index (χ1) is 17.1. The first-order valence-electron chi connectivity index (χ1n) is 13.9. The van der Waals surface area contributed by atoms with Crippen molar-refractivity contribution in [2.45, 2.75) is 96.8 Å². The molecule has 0 fully saturated rings. The van der Waals surface area contributed by atoms with E-state index >= 15 is 0 Å². The number of rotatable bonds is 18. The lowest BCUT2D eigenvalue weighted by atomic mass is 10.0. The van der Waals surface area contributed by atoms with Gasteiger partial charge in [-0.1, -0.05) is 151 Å². The van der Waals surface area contributed by atoms with E-state index in [1.54, 1.807) is 48.5 Å². The molecule has 0 atom stereocenters. The fourth-order valence-electron chi connectivity index (χ4n) is 4.06. The van der Waals surface area contributed by atoms with Crippen molar-refractivity contribution in [3.05, 3.63) is 71.8 Å². The number of Topliss-reactive ketones (excluding diaryl/α,β-unsaturated/α-hetero) is 2.